The maximum Gasteiger partial charge on any atom is 0.269 e. The minimum absolute atomic E-state index is 0.204. The Bertz CT molecular complexity index is 1830. The SMILES string of the molecule is COc1ccc(-c2c(C)n(S(=O)(=O)c3ccc(C)cc3)c3ncc(-c4ccc(CN5CCCC(O)C5)cc4)cc23)cn1. The molecular weight excluding hydrogens is 548 g/mol. The van der Waals surface area contributed by atoms with Gasteiger partial charge >= 0.3 is 0 Å². The summed E-state index contributed by atoms with van der Waals surface area (Å²) >= 11 is 0. The van der Waals surface area contributed by atoms with E-state index < -0.39 is 10.0 Å². The average Bonchev–Trinajstić information content (AvgIpc) is 3.29. The zero-order chi connectivity index (χ0) is 29.4. The van der Waals surface area contributed by atoms with Gasteiger partial charge in [0.05, 0.1) is 18.1 Å². The number of benzene rings is 2. The van der Waals surface area contributed by atoms with Gasteiger partial charge < -0.3 is 9.84 Å². The Balaban J connectivity index is 1.44. The first-order chi connectivity index (χ1) is 20.2. The second kappa shape index (κ2) is 11.3. The molecule has 0 saturated carbocycles. The highest BCUT2D eigenvalue weighted by Gasteiger charge is 2.27. The highest BCUT2D eigenvalue weighted by Crippen LogP contribution is 2.38. The van der Waals surface area contributed by atoms with Crippen molar-refractivity contribution in [2.24, 2.45) is 0 Å². The molecule has 4 heterocycles. The number of aliphatic hydroxyl groups excluding tert-OH is 1. The van der Waals surface area contributed by atoms with Crippen molar-refractivity contribution in [1.29, 1.82) is 0 Å². The molecule has 42 heavy (non-hydrogen) atoms. The number of hydrogen-bond donors (Lipinski definition) is 1. The lowest BCUT2D eigenvalue weighted by molar-refractivity contribution is 0.0668. The summed E-state index contributed by atoms with van der Waals surface area (Å²) in [5.74, 6) is 0.477. The topological polar surface area (TPSA) is 97.5 Å². The highest BCUT2D eigenvalue weighted by atomic mass is 32.2. The standard InChI is InChI=1S/C33H34N4O4S/c1-22-6-13-29(14-7-22)42(39,40)37-23(2)32(26-12-15-31(41-3)34-18-26)30-17-27(19-35-33(30)37)25-10-8-24(9-11-25)20-36-16-4-5-28(38)21-36/h6-15,17-19,28,38H,4-5,16,20-21H2,1-3H3. The van der Waals surface area contributed by atoms with Crippen LogP contribution in [0.15, 0.2) is 84.0 Å². The van der Waals surface area contributed by atoms with E-state index in [4.69, 9.17) is 9.72 Å². The number of likely N-dealkylation sites (tertiary alicyclic amines) is 1. The molecule has 1 atom stereocenters. The summed E-state index contributed by atoms with van der Waals surface area (Å²) in [5.41, 5.74) is 6.48. The maximum atomic E-state index is 14.0. The number of ether oxygens (including phenoxy) is 1. The van der Waals surface area contributed by atoms with Crippen LogP contribution in [0.25, 0.3) is 33.3 Å². The van der Waals surface area contributed by atoms with Gasteiger partial charge in [-0.25, -0.2) is 22.4 Å². The van der Waals surface area contributed by atoms with E-state index in [9.17, 15) is 13.5 Å². The summed E-state index contributed by atoms with van der Waals surface area (Å²) in [4.78, 5) is 11.6. The molecule has 1 fully saturated rings. The van der Waals surface area contributed by atoms with Gasteiger partial charge in [-0.15, -0.1) is 0 Å². The number of piperidine rings is 1. The third-order valence-electron chi connectivity index (χ3n) is 7.96. The van der Waals surface area contributed by atoms with Crippen LogP contribution in [0.1, 0.15) is 29.7 Å². The van der Waals surface area contributed by atoms with E-state index >= 15 is 0 Å². The largest absolute Gasteiger partial charge is 0.481 e. The van der Waals surface area contributed by atoms with Gasteiger partial charge in [0.25, 0.3) is 10.0 Å². The molecule has 9 heteroatoms. The number of methoxy groups -OCH3 is 1. The number of hydrogen-bond acceptors (Lipinski definition) is 7. The number of aryl methyl sites for hydroxylation is 1. The Morgan fingerprint density at radius 1 is 0.929 bits per heavy atom. The highest BCUT2D eigenvalue weighted by molar-refractivity contribution is 7.90. The van der Waals surface area contributed by atoms with Crippen LogP contribution in [0, 0.1) is 13.8 Å². The van der Waals surface area contributed by atoms with Gasteiger partial charge in [-0.3, -0.25) is 4.90 Å². The predicted molar refractivity (Wildman–Crippen MR) is 164 cm³/mol. The number of pyridine rings is 2. The molecule has 0 amide bonds. The first-order valence-electron chi connectivity index (χ1n) is 14.1. The van der Waals surface area contributed by atoms with Crippen molar-refractivity contribution in [3.05, 3.63) is 95.9 Å². The lowest BCUT2D eigenvalue weighted by Crippen LogP contribution is -2.37. The third-order valence-corrected chi connectivity index (χ3v) is 9.76. The van der Waals surface area contributed by atoms with E-state index in [1.807, 2.05) is 19.1 Å². The minimum Gasteiger partial charge on any atom is -0.481 e. The molecule has 8 nitrogen and oxygen atoms in total. The van der Waals surface area contributed by atoms with E-state index in [-0.39, 0.29) is 11.0 Å². The van der Waals surface area contributed by atoms with Crippen molar-refractivity contribution < 1.29 is 18.3 Å². The third kappa shape index (κ3) is 5.31. The van der Waals surface area contributed by atoms with Crippen molar-refractivity contribution >= 4 is 21.1 Å². The molecule has 0 aliphatic carbocycles. The Labute approximate surface area is 246 Å². The van der Waals surface area contributed by atoms with Gasteiger partial charge in [-0.1, -0.05) is 42.0 Å². The number of rotatable bonds is 7. The van der Waals surface area contributed by atoms with E-state index in [1.165, 1.54) is 9.54 Å². The predicted octanol–water partition coefficient (Wildman–Crippen LogP) is 5.58. The summed E-state index contributed by atoms with van der Waals surface area (Å²) in [5, 5.41) is 10.7. The number of β-amino-alcohol motifs (C(OH)–C–C–N with tert-alkyl or cyclic N) is 1. The summed E-state index contributed by atoms with van der Waals surface area (Å²) in [6, 6.07) is 20.9. The first-order valence-corrected chi connectivity index (χ1v) is 15.5. The van der Waals surface area contributed by atoms with Crippen LogP contribution < -0.4 is 4.74 Å². The molecule has 0 radical (unpaired) electrons. The fraction of sp³-hybridized carbons (Fsp3) is 0.273. The van der Waals surface area contributed by atoms with Crippen molar-refractivity contribution in [3.8, 4) is 28.1 Å². The molecule has 1 aliphatic heterocycles. The van der Waals surface area contributed by atoms with Crippen LogP contribution in [0.3, 0.4) is 0 Å². The van der Waals surface area contributed by atoms with Crippen LogP contribution in [-0.4, -0.2) is 58.7 Å². The molecule has 0 bridgehead atoms. The van der Waals surface area contributed by atoms with Gasteiger partial charge in [0.2, 0.25) is 5.88 Å². The molecule has 1 aliphatic rings. The lowest BCUT2D eigenvalue weighted by Gasteiger charge is -2.29. The summed E-state index contributed by atoms with van der Waals surface area (Å²) < 4.78 is 34.5. The van der Waals surface area contributed by atoms with Crippen molar-refractivity contribution in [2.45, 2.75) is 44.2 Å². The van der Waals surface area contributed by atoms with E-state index in [1.54, 1.807) is 56.8 Å². The molecule has 0 spiro atoms. The van der Waals surface area contributed by atoms with Gasteiger partial charge in [0.1, 0.15) is 0 Å². The van der Waals surface area contributed by atoms with Crippen LogP contribution >= 0.6 is 0 Å². The molecule has 1 N–H and O–H groups in total. The van der Waals surface area contributed by atoms with Gasteiger partial charge in [-0.05, 0) is 68.6 Å². The van der Waals surface area contributed by atoms with Gasteiger partial charge in [0.15, 0.2) is 5.65 Å². The molecule has 5 aromatic rings. The van der Waals surface area contributed by atoms with E-state index in [0.29, 0.717) is 23.8 Å². The van der Waals surface area contributed by atoms with E-state index in [2.05, 4.69) is 34.1 Å². The molecular formula is C33H34N4O4S. The Kier molecular flexibility index (Phi) is 7.57. The monoisotopic (exact) mass is 582 g/mol. The normalized spacial score (nSPS) is 16.1. The number of aromatic nitrogens is 3. The van der Waals surface area contributed by atoms with Crippen molar-refractivity contribution in [3.63, 3.8) is 0 Å². The van der Waals surface area contributed by atoms with Crippen LogP contribution in [0.5, 0.6) is 5.88 Å². The summed E-state index contributed by atoms with van der Waals surface area (Å²) in [6.07, 6.45) is 5.05. The molecule has 1 saturated heterocycles. The molecule has 3 aromatic heterocycles. The summed E-state index contributed by atoms with van der Waals surface area (Å²) in [7, 11) is -2.37. The maximum absolute atomic E-state index is 14.0. The van der Waals surface area contributed by atoms with Crippen LogP contribution in [0.4, 0.5) is 0 Å². The number of aliphatic hydroxyl groups is 1. The molecule has 6 rings (SSSR count). The Hall–Kier alpha value is -4.05. The fourth-order valence-electron chi connectivity index (χ4n) is 5.78. The number of fused-ring (bicyclic) bond motifs is 1. The minimum atomic E-state index is -3.93. The zero-order valence-electron chi connectivity index (χ0n) is 24.0. The Morgan fingerprint density at radius 2 is 1.64 bits per heavy atom. The van der Waals surface area contributed by atoms with Gasteiger partial charge in [-0.2, -0.15) is 0 Å². The quantitative estimate of drug-likeness (QED) is 0.267. The van der Waals surface area contributed by atoms with Crippen LogP contribution in [0.2, 0.25) is 0 Å². The average molecular weight is 583 g/mol. The molecule has 216 valence electrons. The zero-order valence-corrected chi connectivity index (χ0v) is 24.8. The fourth-order valence-corrected chi connectivity index (χ4v) is 7.29. The number of nitrogens with zero attached hydrogens (tertiary/aromatic N) is 4. The summed E-state index contributed by atoms with van der Waals surface area (Å²) in [6.45, 7) is 6.22. The van der Waals surface area contributed by atoms with Gasteiger partial charge in [0, 0.05) is 59.3 Å². The second-order valence-electron chi connectivity index (χ2n) is 11.0. The molecule has 1 unspecified atom stereocenters. The smallest absolute Gasteiger partial charge is 0.269 e. The van der Waals surface area contributed by atoms with Crippen molar-refractivity contribution in [1.82, 2.24) is 18.8 Å². The second-order valence-corrected chi connectivity index (χ2v) is 12.7. The first kappa shape index (κ1) is 28.1. The van der Waals surface area contributed by atoms with Crippen LogP contribution in [-0.2, 0) is 16.6 Å². The Morgan fingerprint density at radius 3 is 2.31 bits per heavy atom. The van der Waals surface area contributed by atoms with Crippen molar-refractivity contribution in [2.75, 3.05) is 20.2 Å². The lowest BCUT2D eigenvalue weighted by atomic mass is 10.0. The molecule has 2 aromatic carbocycles. The van der Waals surface area contributed by atoms with E-state index in [0.717, 1.165) is 59.1 Å².